The Morgan fingerprint density at radius 1 is 1.39 bits per heavy atom. The number of hydrogen-bond donors (Lipinski definition) is 3. The zero-order valence-corrected chi connectivity index (χ0v) is 10.2. The fourth-order valence-corrected chi connectivity index (χ4v) is 3.33. The number of aromatic nitrogens is 1. The standard InChI is InChI=1S/C13H16N2O3/c1-6-10(13(17)18)9(5-14-6)15-12(16)11-7-3-2-4-8(7)11/h5,7-8,11,14H,2-4H2,1H3,(H,15,16)(H,17,18). The third-order valence-electron chi connectivity index (χ3n) is 4.26. The molecule has 5 nitrogen and oxygen atoms in total. The number of aromatic amines is 1. The lowest BCUT2D eigenvalue weighted by molar-refractivity contribution is -0.118. The molecule has 2 aliphatic carbocycles. The van der Waals surface area contributed by atoms with E-state index in [1.165, 1.54) is 6.42 Å². The largest absolute Gasteiger partial charge is 0.478 e. The molecule has 2 fully saturated rings. The lowest BCUT2D eigenvalue weighted by Gasteiger charge is -2.06. The van der Waals surface area contributed by atoms with Crippen molar-refractivity contribution in [2.45, 2.75) is 26.2 Å². The highest BCUT2D eigenvalue weighted by Gasteiger charge is 2.56. The van der Waals surface area contributed by atoms with Crippen molar-refractivity contribution >= 4 is 17.6 Å². The van der Waals surface area contributed by atoms with Gasteiger partial charge in [-0.2, -0.15) is 0 Å². The van der Waals surface area contributed by atoms with Gasteiger partial charge in [0.2, 0.25) is 5.91 Å². The van der Waals surface area contributed by atoms with Gasteiger partial charge in [-0.15, -0.1) is 0 Å². The first-order valence-corrected chi connectivity index (χ1v) is 6.31. The maximum atomic E-state index is 12.1. The third-order valence-corrected chi connectivity index (χ3v) is 4.26. The molecule has 3 rings (SSSR count). The Morgan fingerprint density at radius 3 is 2.67 bits per heavy atom. The Labute approximate surface area is 105 Å². The summed E-state index contributed by atoms with van der Waals surface area (Å²) >= 11 is 0. The molecular formula is C13H16N2O3. The van der Waals surface area contributed by atoms with Crippen LogP contribution in [0, 0.1) is 24.7 Å². The molecule has 0 saturated heterocycles. The zero-order valence-electron chi connectivity index (χ0n) is 10.2. The van der Waals surface area contributed by atoms with Gasteiger partial charge >= 0.3 is 5.97 Å². The van der Waals surface area contributed by atoms with Crippen molar-refractivity contribution in [2.75, 3.05) is 5.32 Å². The molecule has 18 heavy (non-hydrogen) atoms. The van der Waals surface area contributed by atoms with Crippen molar-refractivity contribution in [2.24, 2.45) is 17.8 Å². The molecule has 2 saturated carbocycles. The van der Waals surface area contributed by atoms with E-state index in [-0.39, 0.29) is 17.4 Å². The lowest BCUT2D eigenvalue weighted by Crippen LogP contribution is -2.18. The molecule has 2 aliphatic rings. The monoisotopic (exact) mass is 248 g/mol. The average Bonchev–Trinajstić information content (AvgIpc) is 2.67. The number of amides is 1. The van der Waals surface area contributed by atoms with Gasteiger partial charge in [-0.3, -0.25) is 4.79 Å². The molecule has 1 aromatic heterocycles. The number of carbonyl (C=O) groups excluding carboxylic acids is 1. The normalized spacial score (nSPS) is 28.8. The minimum Gasteiger partial charge on any atom is -0.478 e. The average molecular weight is 248 g/mol. The quantitative estimate of drug-likeness (QED) is 0.765. The van der Waals surface area contributed by atoms with E-state index < -0.39 is 5.97 Å². The topological polar surface area (TPSA) is 82.2 Å². The fraction of sp³-hybridized carbons (Fsp3) is 0.538. The van der Waals surface area contributed by atoms with Crippen LogP contribution in [0.25, 0.3) is 0 Å². The van der Waals surface area contributed by atoms with Crippen LogP contribution in [0.2, 0.25) is 0 Å². The van der Waals surface area contributed by atoms with Gasteiger partial charge in [0, 0.05) is 17.8 Å². The van der Waals surface area contributed by atoms with Crippen LogP contribution in [0.4, 0.5) is 5.69 Å². The third kappa shape index (κ3) is 1.62. The molecule has 0 aromatic carbocycles. The van der Waals surface area contributed by atoms with E-state index in [0.717, 1.165) is 12.8 Å². The number of aromatic carboxylic acids is 1. The number of H-pyrrole nitrogens is 1. The summed E-state index contributed by atoms with van der Waals surface area (Å²) in [5.41, 5.74) is 1.11. The summed E-state index contributed by atoms with van der Waals surface area (Å²) in [6.07, 6.45) is 5.05. The predicted octanol–water partition coefficient (Wildman–Crippen LogP) is 2.01. The molecule has 2 atom stereocenters. The number of nitrogens with one attached hydrogen (secondary N) is 2. The van der Waals surface area contributed by atoms with Gasteiger partial charge in [0.05, 0.1) is 5.69 Å². The van der Waals surface area contributed by atoms with E-state index in [1.807, 2.05) is 0 Å². The van der Waals surface area contributed by atoms with Crippen LogP contribution in [0.1, 0.15) is 35.3 Å². The molecule has 96 valence electrons. The van der Waals surface area contributed by atoms with E-state index >= 15 is 0 Å². The summed E-state index contributed by atoms with van der Waals surface area (Å²) < 4.78 is 0. The number of carbonyl (C=O) groups is 2. The fourth-order valence-electron chi connectivity index (χ4n) is 3.33. The summed E-state index contributed by atoms with van der Waals surface area (Å²) in [6.45, 7) is 1.69. The van der Waals surface area contributed by atoms with Crippen LogP contribution in [-0.4, -0.2) is 22.0 Å². The van der Waals surface area contributed by atoms with Crippen LogP contribution in [0.15, 0.2) is 6.20 Å². The SMILES string of the molecule is Cc1[nH]cc(NC(=O)C2C3CCCC32)c1C(=O)O. The number of carboxylic acids is 1. The van der Waals surface area contributed by atoms with E-state index in [4.69, 9.17) is 5.11 Å². The molecule has 0 bridgehead atoms. The minimum absolute atomic E-state index is 0.0220. The van der Waals surface area contributed by atoms with Gasteiger partial charge in [-0.25, -0.2) is 4.79 Å². The Hall–Kier alpha value is -1.78. The first kappa shape index (κ1) is 11.3. The Morgan fingerprint density at radius 2 is 2.06 bits per heavy atom. The van der Waals surface area contributed by atoms with Gasteiger partial charge in [-0.05, 0) is 31.6 Å². The summed E-state index contributed by atoms with van der Waals surface area (Å²) in [7, 11) is 0. The first-order valence-electron chi connectivity index (χ1n) is 6.31. The summed E-state index contributed by atoms with van der Waals surface area (Å²) in [5.74, 6) is 0.151. The molecule has 0 aliphatic heterocycles. The molecule has 1 aromatic rings. The molecule has 1 heterocycles. The molecule has 3 N–H and O–H groups in total. The minimum atomic E-state index is -1.01. The molecule has 2 unspecified atom stereocenters. The second-order valence-electron chi connectivity index (χ2n) is 5.28. The zero-order chi connectivity index (χ0) is 12.9. The van der Waals surface area contributed by atoms with Crippen LogP contribution < -0.4 is 5.32 Å². The van der Waals surface area contributed by atoms with Crippen LogP contribution in [-0.2, 0) is 4.79 Å². The number of anilines is 1. The van der Waals surface area contributed by atoms with Crippen molar-refractivity contribution in [3.63, 3.8) is 0 Å². The molecule has 0 radical (unpaired) electrons. The van der Waals surface area contributed by atoms with E-state index in [1.54, 1.807) is 13.1 Å². The first-order chi connectivity index (χ1) is 8.59. The number of hydrogen-bond acceptors (Lipinski definition) is 2. The Bertz CT molecular complexity index is 510. The number of aryl methyl sites for hydroxylation is 1. The van der Waals surface area contributed by atoms with Crippen LogP contribution in [0.3, 0.4) is 0 Å². The van der Waals surface area contributed by atoms with Gasteiger partial charge in [0.25, 0.3) is 0 Å². The van der Waals surface area contributed by atoms with E-state index in [2.05, 4.69) is 10.3 Å². The smallest absolute Gasteiger partial charge is 0.339 e. The second-order valence-corrected chi connectivity index (χ2v) is 5.28. The van der Waals surface area contributed by atoms with E-state index in [0.29, 0.717) is 23.2 Å². The highest BCUT2D eigenvalue weighted by atomic mass is 16.4. The highest BCUT2D eigenvalue weighted by molar-refractivity contribution is 6.02. The number of fused-ring (bicyclic) bond motifs is 1. The Kier molecular flexibility index (Phi) is 2.43. The van der Waals surface area contributed by atoms with Gasteiger partial charge < -0.3 is 15.4 Å². The lowest BCUT2D eigenvalue weighted by atomic mass is 10.1. The maximum Gasteiger partial charge on any atom is 0.339 e. The Balaban J connectivity index is 1.73. The van der Waals surface area contributed by atoms with Crippen molar-refractivity contribution in [3.05, 3.63) is 17.5 Å². The van der Waals surface area contributed by atoms with Gasteiger partial charge in [0.1, 0.15) is 5.56 Å². The van der Waals surface area contributed by atoms with Crippen molar-refractivity contribution in [1.82, 2.24) is 4.98 Å². The highest BCUT2D eigenvalue weighted by Crippen LogP contribution is 2.57. The van der Waals surface area contributed by atoms with Crippen molar-refractivity contribution < 1.29 is 14.7 Å². The van der Waals surface area contributed by atoms with E-state index in [9.17, 15) is 9.59 Å². The summed E-state index contributed by atoms with van der Waals surface area (Å²) in [6, 6.07) is 0. The number of carboxylic acid groups (broad SMARTS) is 1. The molecular weight excluding hydrogens is 232 g/mol. The molecule has 5 heteroatoms. The summed E-state index contributed by atoms with van der Waals surface area (Å²) in [5, 5.41) is 11.8. The van der Waals surface area contributed by atoms with Crippen LogP contribution in [0.5, 0.6) is 0 Å². The molecule has 0 spiro atoms. The molecule has 1 amide bonds. The van der Waals surface area contributed by atoms with Gasteiger partial charge in [-0.1, -0.05) is 6.42 Å². The maximum absolute atomic E-state index is 12.1. The van der Waals surface area contributed by atoms with Crippen molar-refractivity contribution in [1.29, 1.82) is 0 Å². The second kappa shape index (κ2) is 3.86. The van der Waals surface area contributed by atoms with Crippen molar-refractivity contribution in [3.8, 4) is 0 Å². The predicted molar refractivity (Wildman–Crippen MR) is 65.4 cm³/mol. The van der Waals surface area contributed by atoms with Crippen LogP contribution >= 0.6 is 0 Å². The summed E-state index contributed by atoms with van der Waals surface area (Å²) in [4.78, 5) is 26.0. The number of rotatable bonds is 3. The van der Waals surface area contributed by atoms with Gasteiger partial charge in [0.15, 0.2) is 0 Å².